The molecule has 3 aromatic rings. The lowest BCUT2D eigenvalue weighted by atomic mass is 10.1. The monoisotopic (exact) mass is 484 g/mol. The summed E-state index contributed by atoms with van der Waals surface area (Å²) in [5, 5.41) is 4.18. The molecule has 3 rings (SSSR count). The van der Waals surface area contributed by atoms with Crippen LogP contribution in [0.3, 0.4) is 0 Å². The number of aromatic nitrogens is 1. The van der Waals surface area contributed by atoms with Gasteiger partial charge in [-0.25, -0.2) is 26.6 Å². The van der Waals surface area contributed by atoms with Crippen LogP contribution in [0.5, 0.6) is 0 Å². The van der Waals surface area contributed by atoms with Crippen LogP contribution in [-0.4, -0.2) is 31.4 Å². The van der Waals surface area contributed by atoms with Crippen LogP contribution in [-0.2, 0) is 23.1 Å². The number of nitrogens with one attached hydrogen (secondary N) is 2. The van der Waals surface area contributed by atoms with Crippen molar-refractivity contribution >= 4 is 32.9 Å². The van der Waals surface area contributed by atoms with Crippen molar-refractivity contribution in [3.8, 4) is 0 Å². The second-order valence-electron chi connectivity index (χ2n) is 7.49. The zero-order valence-electron chi connectivity index (χ0n) is 17.7. The molecule has 1 aromatic heterocycles. The predicted octanol–water partition coefficient (Wildman–Crippen LogP) is 4.81. The highest BCUT2D eigenvalue weighted by Gasteiger charge is 2.26. The van der Waals surface area contributed by atoms with E-state index in [1.54, 1.807) is 12.1 Å². The molecule has 0 bridgehead atoms. The average molecular weight is 485 g/mol. The summed E-state index contributed by atoms with van der Waals surface area (Å²) in [6, 6.07) is 6.68. The van der Waals surface area contributed by atoms with Gasteiger partial charge in [-0.05, 0) is 44.7 Å². The van der Waals surface area contributed by atoms with Crippen molar-refractivity contribution in [2.24, 2.45) is 0 Å². The van der Waals surface area contributed by atoms with E-state index in [1.807, 2.05) is 30.5 Å². The van der Waals surface area contributed by atoms with Gasteiger partial charge in [-0.1, -0.05) is 12.1 Å². The molecule has 0 spiro atoms. The Balaban J connectivity index is 1.82. The summed E-state index contributed by atoms with van der Waals surface area (Å²) in [5.41, 5.74) is 2.47. The minimum Gasteiger partial charge on any atom is -0.381 e. The van der Waals surface area contributed by atoms with Gasteiger partial charge in [0.15, 0.2) is 10.7 Å². The van der Waals surface area contributed by atoms with E-state index in [4.69, 9.17) is 0 Å². The molecule has 0 saturated heterocycles. The highest BCUT2D eigenvalue weighted by Crippen LogP contribution is 2.26. The van der Waals surface area contributed by atoms with Crippen LogP contribution in [0.1, 0.15) is 25.0 Å². The fraction of sp³-hybridized carbons (Fsp3) is 0.286. The van der Waals surface area contributed by atoms with E-state index >= 15 is 0 Å². The Morgan fingerprint density at radius 1 is 1.12 bits per heavy atom. The van der Waals surface area contributed by atoms with E-state index < -0.39 is 32.4 Å². The Kier molecular flexibility index (Phi) is 7.42. The van der Waals surface area contributed by atoms with Crippen molar-refractivity contribution in [3.05, 3.63) is 69.8 Å². The summed E-state index contributed by atoms with van der Waals surface area (Å²) in [6.07, 6.45) is 0. The van der Waals surface area contributed by atoms with Gasteiger partial charge >= 0.3 is 0 Å². The van der Waals surface area contributed by atoms with Crippen LogP contribution in [0.2, 0.25) is 0 Å². The molecule has 6 nitrogen and oxygen atoms in total. The number of thiazole rings is 1. The molecule has 0 atom stereocenters. The number of rotatable bonds is 9. The van der Waals surface area contributed by atoms with Crippen LogP contribution >= 0.6 is 11.3 Å². The number of hydrogen-bond acceptors (Lipinski definition) is 6. The summed E-state index contributed by atoms with van der Waals surface area (Å²) in [7, 11) is -2.60. The van der Waals surface area contributed by atoms with E-state index in [2.05, 4.69) is 10.3 Å². The van der Waals surface area contributed by atoms with Gasteiger partial charge in [0.25, 0.3) is 10.0 Å². The first-order valence-corrected chi connectivity index (χ1v) is 12.1. The number of hydrogen-bond donors (Lipinski definition) is 2. The van der Waals surface area contributed by atoms with Crippen LogP contribution in [0.15, 0.2) is 46.1 Å². The molecular formula is C21H23F3N4O2S2. The molecule has 0 fully saturated rings. The predicted molar refractivity (Wildman–Crippen MR) is 120 cm³/mol. The number of sulfonamides is 1. The summed E-state index contributed by atoms with van der Waals surface area (Å²) >= 11 is 1.13. The normalized spacial score (nSPS) is 11.9. The summed E-state index contributed by atoms with van der Waals surface area (Å²) in [5.74, 6) is -3.03. The maximum atomic E-state index is 14.6. The molecule has 0 aliphatic rings. The number of benzene rings is 2. The van der Waals surface area contributed by atoms with Crippen molar-refractivity contribution in [1.29, 1.82) is 0 Å². The lowest BCUT2D eigenvalue weighted by molar-refractivity contribution is 0.264. The van der Waals surface area contributed by atoms with Crippen molar-refractivity contribution in [2.75, 3.05) is 17.1 Å². The van der Waals surface area contributed by atoms with Crippen LogP contribution in [0.25, 0.3) is 0 Å². The zero-order valence-corrected chi connectivity index (χ0v) is 19.3. The highest BCUT2D eigenvalue weighted by molar-refractivity contribution is 7.92. The van der Waals surface area contributed by atoms with Crippen LogP contribution in [0, 0.1) is 17.5 Å². The SMILES string of the molecule is CC(C)N(C)Cc1cccc(F)c1CNc1cc(F)c(S(=O)(=O)Nc2cscn2)c(F)c1. The molecule has 2 N–H and O–H groups in total. The molecule has 172 valence electrons. The number of nitrogens with zero attached hydrogens (tertiary/aromatic N) is 2. The van der Waals surface area contributed by atoms with E-state index in [-0.39, 0.29) is 24.1 Å². The van der Waals surface area contributed by atoms with Crippen molar-refractivity contribution < 1.29 is 21.6 Å². The van der Waals surface area contributed by atoms with Gasteiger partial charge in [0.1, 0.15) is 17.5 Å². The maximum Gasteiger partial charge on any atom is 0.268 e. The summed E-state index contributed by atoms with van der Waals surface area (Å²) < 4.78 is 70.4. The van der Waals surface area contributed by atoms with Crippen LogP contribution in [0.4, 0.5) is 24.7 Å². The van der Waals surface area contributed by atoms with Gasteiger partial charge in [0, 0.05) is 35.8 Å². The van der Waals surface area contributed by atoms with Crippen molar-refractivity contribution in [3.63, 3.8) is 0 Å². The third kappa shape index (κ3) is 5.59. The smallest absolute Gasteiger partial charge is 0.268 e. The number of halogens is 3. The zero-order chi connectivity index (χ0) is 23.5. The summed E-state index contributed by atoms with van der Waals surface area (Å²) in [4.78, 5) is 4.67. The first-order valence-electron chi connectivity index (χ1n) is 9.69. The molecule has 1 heterocycles. The molecule has 2 aromatic carbocycles. The molecular weight excluding hydrogens is 461 g/mol. The molecule has 0 aliphatic heterocycles. The van der Waals surface area contributed by atoms with Gasteiger partial charge < -0.3 is 5.32 Å². The van der Waals surface area contributed by atoms with Crippen molar-refractivity contribution in [1.82, 2.24) is 9.88 Å². The molecule has 0 radical (unpaired) electrons. The van der Waals surface area contributed by atoms with Gasteiger partial charge in [-0.15, -0.1) is 11.3 Å². The number of anilines is 2. The maximum absolute atomic E-state index is 14.6. The van der Waals surface area contributed by atoms with Gasteiger partial charge in [0.2, 0.25) is 0 Å². The molecule has 0 saturated carbocycles. The quantitative estimate of drug-likeness (QED) is 0.456. The molecule has 11 heteroatoms. The first-order chi connectivity index (χ1) is 15.1. The fourth-order valence-corrected chi connectivity index (χ4v) is 4.64. The highest BCUT2D eigenvalue weighted by atomic mass is 32.2. The van der Waals surface area contributed by atoms with E-state index in [0.717, 1.165) is 29.0 Å². The minimum absolute atomic E-state index is 0.0148. The Morgan fingerprint density at radius 2 is 1.81 bits per heavy atom. The standard InChI is InChI=1S/C21H23F3N4O2S2/c1-13(2)28(3)10-14-5-4-6-17(22)16(14)9-25-15-7-18(23)21(19(24)8-15)32(29,30)27-20-11-31-12-26-20/h4-8,11-13,25,27H,9-10H2,1-3H3. The Hall–Kier alpha value is -2.63. The van der Waals surface area contributed by atoms with Gasteiger partial charge in [-0.3, -0.25) is 9.62 Å². The third-order valence-electron chi connectivity index (χ3n) is 4.92. The minimum atomic E-state index is -4.51. The van der Waals surface area contributed by atoms with Gasteiger partial charge in [-0.2, -0.15) is 0 Å². The lowest BCUT2D eigenvalue weighted by Gasteiger charge is -2.23. The lowest BCUT2D eigenvalue weighted by Crippen LogP contribution is -2.26. The summed E-state index contributed by atoms with van der Waals surface area (Å²) in [6.45, 7) is 4.49. The topological polar surface area (TPSA) is 74.3 Å². The second kappa shape index (κ2) is 9.88. The second-order valence-corrected chi connectivity index (χ2v) is 9.83. The van der Waals surface area contributed by atoms with E-state index in [9.17, 15) is 21.6 Å². The molecule has 32 heavy (non-hydrogen) atoms. The average Bonchev–Trinajstić information content (AvgIpc) is 3.18. The largest absolute Gasteiger partial charge is 0.381 e. The van der Waals surface area contributed by atoms with Crippen molar-refractivity contribution in [2.45, 2.75) is 37.9 Å². The van der Waals surface area contributed by atoms with E-state index in [1.165, 1.54) is 17.0 Å². The molecule has 0 aliphatic carbocycles. The Morgan fingerprint density at radius 3 is 2.41 bits per heavy atom. The third-order valence-corrected chi connectivity index (χ3v) is 6.92. The van der Waals surface area contributed by atoms with E-state index in [0.29, 0.717) is 12.1 Å². The first kappa shape index (κ1) is 24.0. The fourth-order valence-electron chi connectivity index (χ4n) is 2.96. The Labute approximate surface area is 189 Å². The molecule has 0 amide bonds. The Bertz CT molecular complexity index is 1160. The van der Waals surface area contributed by atoms with Crippen LogP contribution < -0.4 is 10.0 Å². The van der Waals surface area contributed by atoms with Gasteiger partial charge in [0.05, 0.1) is 5.51 Å². The molecule has 0 unspecified atom stereocenters.